The topological polar surface area (TPSA) is 54.4 Å². The van der Waals surface area contributed by atoms with E-state index in [1.165, 1.54) is 0 Å². The lowest BCUT2D eigenvalue weighted by atomic mass is 9.96. The molecular formula is C9H16O3. The summed E-state index contributed by atoms with van der Waals surface area (Å²) >= 11 is 0. The number of rotatable bonds is 6. The fourth-order valence-electron chi connectivity index (χ4n) is 1.08. The number of Topliss-reactive ketones (excluding diaryl/α,β-unsaturated/α-hetero) is 1. The fourth-order valence-corrected chi connectivity index (χ4v) is 1.08. The van der Waals surface area contributed by atoms with E-state index in [0.29, 0.717) is 12.8 Å². The molecule has 0 aromatic carbocycles. The molecule has 0 rings (SSSR count). The molecule has 0 aromatic rings. The first kappa shape index (κ1) is 11.1. The van der Waals surface area contributed by atoms with Gasteiger partial charge in [0.05, 0.1) is 0 Å². The van der Waals surface area contributed by atoms with Gasteiger partial charge in [-0.25, -0.2) is 0 Å². The molecule has 0 saturated carbocycles. The summed E-state index contributed by atoms with van der Waals surface area (Å²) < 4.78 is 0. The van der Waals surface area contributed by atoms with Gasteiger partial charge in [0.15, 0.2) is 0 Å². The molecule has 0 saturated heterocycles. The number of carboxylic acids is 1. The maximum atomic E-state index is 11.1. The van der Waals surface area contributed by atoms with Crippen LogP contribution >= 0.6 is 0 Å². The molecule has 12 heavy (non-hydrogen) atoms. The van der Waals surface area contributed by atoms with Gasteiger partial charge in [0, 0.05) is 6.42 Å². The van der Waals surface area contributed by atoms with Crippen LogP contribution in [0.4, 0.5) is 0 Å². The third-order valence-electron chi connectivity index (χ3n) is 1.88. The van der Waals surface area contributed by atoms with Crippen LogP contribution in [0.2, 0.25) is 0 Å². The zero-order valence-corrected chi connectivity index (χ0v) is 7.67. The predicted molar refractivity (Wildman–Crippen MR) is 45.9 cm³/mol. The molecule has 1 atom stereocenters. The molecule has 0 aromatic heterocycles. The Bertz CT molecular complexity index is 163. The first-order chi connectivity index (χ1) is 5.63. The van der Waals surface area contributed by atoms with Gasteiger partial charge in [-0.1, -0.05) is 26.7 Å². The number of carbonyl (C=O) groups excluding carboxylic acids is 1. The van der Waals surface area contributed by atoms with Crippen molar-refractivity contribution in [1.29, 1.82) is 0 Å². The molecule has 3 nitrogen and oxygen atoms in total. The molecule has 0 aliphatic heterocycles. The van der Waals surface area contributed by atoms with Gasteiger partial charge >= 0.3 is 5.97 Å². The quantitative estimate of drug-likeness (QED) is 0.622. The molecule has 70 valence electrons. The zero-order chi connectivity index (χ0) is 9.56. The van der Waals surface area contributed by atoms with Crippen molar-refractivity contribution < 1.29 is 14.7 Å². The number of carbonyl (C=O) groups is 2. The highest BCUT2D eigenvalue weighted by Gasteiger charge is 2.23. The Morgan fingerprint density at radius 3 is 2.25 bits per heavy atom. The zero-order valence-electron chi connectivity index (χ0n) is 7.67. The largest absolute Gasteiger partial charge is 0.481 e. The smallest absolute Gasteiger partial charge is 0.314 e. The van der Waals surface area contributed by atoms with Crippen molar-refractivity contribution in [1.82, 2.24) is 0 Å². The Morgan fingerprint density at radius 1 is 1.33 bits per heavy atom. The standard InChI is InChI=1S/C9H16O3/c1-3-5-6-7(9(11)12)8(10)4-2/h7H,3-6H2,1-2H3,(H,11,12). The molecular weight excluding hydrogens is 156 g/mol. The van der Waals surface area contributed by atoms with E-state index >= 15 is 0 Å². The van der Waals surface area contributed by atoms with Gasteiger partial charge in [0.1, 0.15) is 11.7 Å². The lowest BCUT2D eigenvalue weighted by molar-refractivity contribution is -0.146. The lowest BCUT2D eigenvalue weighted by Crippen LogP contribution is -2.22. The summed E-state index contributed by atoms with van der Waals surface area (Å²) in [7, 11) is 0. The molecule has 3 heteroatoms. The molecule has 0 amide bonds. The van der Waals surface area contributed by atoms with E-state index in [1.807, 2.05) is 6.92 Å². The van der Waals surface area contributed by atoms with Crippen molar-refractivity contribution in [3.63, 3.8) is 0 Å². The van der Waals surface area contributed by atoms with Crippen LogP contribution in [0.5, 0.6) is 0 Å². The summed E-state index contributed by atoms with van der Waals surface area (Å²) in [5, 5.41) is 8.68. The van der Waals surface area contributed by atoms with Gasteiger partial charge in [-0.05, 0) is 6.42 Å². The average Bonchev–Trinajstić information content (AvgIpc) is 2.04. The Morgan fingerprint density at radius 2 is 1.92 bits per heavy atom. The minimum atomic E-state index is -0.977. The molecule has 1 unspecified atom stereocenters. The number of carboxylic acid groups (broad SMARTS) is 1. The maximum Gasteiger partial charge on any atom is 0.314 e. The molecule has 0 bridgehead atoms. The van der Waals surface area contributed by atoms with Crippen molar-refractivity contribution in [3.8, 4) is 0 Å². The fraction of sp³-hybridized carbons (Fsp3) is 0.778. The van der Waals surface area contributed by atoms with Crippen molar-refractivity contribution in [2.75, 3.05) is 0 Å². The molecule has 1 N–H and O–H groups in total. The Hall–Kier alpha value is -0.860. The molecule has 0 fully saturated rings. The second kappa shape index (κ2) is 5.75. The third-order valence-corrected chi connectivity index (χ3v) is 1.88. The van der Waals surface area contributed by atoms with Crippen LogP contribution in [0, 0.1) is 5.92 Å². The van der Waals surface area contributed by atoms with Gasteiger partial charge in [0.2, 0.25) is 0 Å². The first-order valence-corrected chi connectivity index (χ1v) is 4.39. The van der Waals surface area contributed by atoms with Gasteiger partial charge in [-0.2, -0.15) is 0 Å². The van der Waals surface area contributed by atoms with Crippen LogP contribution < -0.4 is 0 Å². The monoisotopic (exact) mass is 172 g/mol. The van der Waals surface area contributed by atoms with Crippen LogP contribution in [-0.4, -0.2) is 16.9 Å². The van der Waals surface area contributed by atoms with Crippen LogP contribution in [0.25, 0.3) is 0 Å². The summed E-state index contributed by atoms with van der Waals surface area (Å²) in [6.45, 7) is 3.68. The highest BCUT2D eigenvalue weighted by molar-refractivity contribution is 5.97. The highest BCUT2D eigenvalue weighted by atomic mass is 16.4. The minimum Gasteiger partial charge on any atom is -0.481 e. The van der Waals surface area contributed by atoms with Crippen LogP contribution in [0.1, 0.15) is 39.5 Å². The van der Waals surface area contributed by atoms with Crippen molar-refractivity contribution in [3.05, 3.63) is 0 Å². The highest BCUT2D eigenvalue weighted by Crippen LogP contribution is 2.11. The number of hydrogen-bond acceptors (Lipinski definition) is 2. The SMILES string of the molecule is CCCCC(C(=O)O)C(=O)CC. The number of aliphatic carboxylic acids is 1. The average molecular weight is 172 g/mol. The lowest BCUT2D eigenvalue weighted by Gasteiger charge is -2.08. The van der Waals surface area contributed by atoms with E-state index in [0.717, 1.165) is 12.8 Å². The summed E-state index contributed by atoms with van der Waals surface area (Å²) in [5.41, 5.74) is 0. The van der Waals surface area contributed by atoms with Crippen LogP contribution in [-0.2, 0) is 9.59 Å². The molecule has 0 heterocycles. The minimum absolute atomic E-state index is 0.157. The maximum absolute atomic E-state index is 11.1. The van der Waals surface area contributed by atoms with Crippen LogP contribution in [0.3, 0.4) is 0 Å². The van der Waals surface area contributed by atoms with E-state index in [4.69, 9.17) is 5.11 Å². The van der Waals surface area contributed by atoms with Gasteiger partial charge in [0.25, 0.3) is 0 Å². The number of hydrogen-bond donors (Lipinski definition) is 1. The summed E-state index contributed by atoms with van der Waals surface area (Å²) in [6.07, 6.45) is 2.54. The van der Waals surface area contributed by atoms with E-state index < -0.39 is 11.9 Å². The number of unbranched alkanes of at least 4 members (excludes halogenated alkanes) is 1. The van der Waals surface area contributed by atoms with Gasteiger partial charge in [-0.15, -0.1) is 0 Å². The summed E-state index contributed by atoms with van der Waals surface area (Å²) in [5.74, 6) is -1.90. The van der Waals surface area contributed by atoms with E-state index in [1.54, 1.807) is 6.92 Å². The second-order valence-electron chi connectivity index (χ2n) is 2.85. The van der Waals surface area contributed by atoms with Crippen molar-refractivity contribution >= 4 is 11.8 Å². The molecule has 0 radical (unpaired) electrons. The van der Waals surface area contributed by atoms with Crippen molar-refractivity contribution in [2.45, 2.75) is 39.5 Å². The van der Waals surface area contributed by atoms with E-state index in [-0.39, 0.29) is 5.78 Å². The molecule has 0 aliphatic rings. The van der Waals surface area contributed by atoms with Gasteiger partial charge < -0.3 is 5.11 Å². The predicted octanol–water partition coefficient (Wildman–Crippen LogP) is 1.86. The van der Waals surface area contributed by atoms with Gasteiger partial charge in [-0.3, -0.25) is 9.59 Å². The Labute approximate surface area is 72.8 Å². The second-order valence-corrected chi connectivity index (χ2v) is 2.85. The Balaban J connectivity index is 4.04. The van der Waals surface area contributed by atoms with E-state index in [2.05, 4.69) is 0 Å². The van der Waals surface area contributed by atoms with Crippen LogP contribution in [0.15, 0.2) is 0 Å². The molecule has 0 aliphatic carbocycles. The first-order valence-electron chi connectivity index (χ1n) is 4.39. The molecule has 0 spiro atoms. The van der Waals surface area contributed by atoms with E-state index in [9.17, 15) is 9.59 Å². The number of ketones is 1. The van der Waals surface area contributed by atoms with Crippen molar-refractivity contribution in [2.24, 2.45) is 5.92 Å². The summed E-state index contributed by atoms with van der Waals surface area (Å²) in [6, 6.07) is 0. The normalized spacial score (nSPS) is 12.5. The Kier molecular flexibility index (Phi) is 5.34. The third kappa shape index (κ3) is 3.51. The summed E-state index contributed by atoms with van der Waals surface area (Å²) in [4.78, 5) is 21.7.